The van der Waals surface area contributed by atoms with Crippen molar-refractivity contribution < 1.29 is 9.59 Å². The van der Waals surface area contributed by atoms with Crippen LogP contribution in [0.15, 0.2) is 30.3 Å². The number of carbonyl (C=O) groups excluding carboxylic acids is 2. The number of carbonyl (C=O) groups is 2. The Balaban J connectivity index is 1.83. The summed E-state index contributed by atoms with van der Waals surface area (Å²) in [5.74, 6) is -1.06. The molecule has 4 heteroatoms. The molecule has 0 saturated heterocycles. The highest BCUT2D eigenvalue weighted by Crippen LogP contribution is 2.17. The Kier molecular flexibility index (Phi) is 5.16. The molecule has 1 aliphatic carbocycles. The molecule has 4 nitrogen and oxygen atoms in total. The second-order valence-corrected chi connectivity index (χ2v) is 5.41. The first-order chi connectivity index (χ1) is 9.66. The van der Waals surface area contributed by atoms with Crippen LogP contribution < -0.4 is 10.6 Å². The summed E-state index contributed by atoms with van der Waals surface area (Å²) in [5.41, 5.74) is 0.992. The van der Waals surface area contributed by atoms with Crippen LogP contribution in [-0.2, 0) is 9.59 Å². The maximum Gasteiger partial charge on any atom is 0.309 e. The lowest BCUT2D eigenvalue weighted by molar-refractivity contribution is -0.140. The van der Waals surface area contributed by atoms with Crippen molar-refractivity contribution in [1.82, 2.24) is 10.6 Å². The highest BCUT2D eigenvalue weighted by molar-refractivity contribution is 6.35. The number of hydrogen-bond donors (Lipinski definition) is 2. The molecule has 20 heavy (non-hydrogen) atoms. The molecule has 1 aromatic rings. The van der Waals surface area contributed by atoms with E-state index in [1.54, 1.807) is 0 Å². The number of amides is 2. The minimum atomic E-state index is -0.549. The van der Waals surface area contributed by atoms with Gasteiger partial charge in [-0.15, -0.1) is 0 Å². The molecule has 1 saturated carbocycles. The third-order valence-electron chi connectivity index (χ3n) is 3.79. The van der Waals surface area contributed by atoms with Crippen LogP contribution in [0, 0.1) is 0 Å². The molecule has 0 spiro atoms. The molecule has 1 atom stereocenters. The van der Waals surface area contributed by atoms with Crippen LogP contribution in [0.5, 0.6) is 0 Å². The fourth-order valence-corrected chi connectivity index (χ4v) is 2.59. The Labute approximate surface area is 119 Å². The van der Waals surface area contributed by atoms with E-state index < -0.39 is 11.8 Å². The standard InChI is InChI=1S/C16H22N2O2/c1-12(13-8-4-2-5-9-13)17-15(19)16(20)18-14-10-6-3-7-11-14/h2,4-5,8-9,12,14H,3,6-7,10-11H2,1H3,(H,17,19)(H,18,20). The normalized spacial score (nSPS) is 17.2. The van der Waals surface area contributed by atoms with E-state index in [1.807, 2.05) is 37.3 Å². The summed E-state index contributed by atoms with van der Waals surface area (Å²) in [6, 6.07) is 9.62. The van der Waals surface area contributed by atoms with Crippen LogP contribution in [-0.4, -0.2) is 17.9 Å². The maximum absolute atomic E-state index is 11.9. The topological polar surface area (TPSA) is 58.2 Å². The van der Waals surface area contributed by atoms with Crippen LogP contribution in [0.25, 0.3) is 0 Å². The smallest absolute Gasteiger partial charge is 0.309 e. The van der Waals surface area contributed by atoms with Gasteiger partial charge in [0.05, 0.1) is 6.04 Å². The Morgan fingerprint density at radius 2 is 1.70 bits per heavy atom. The summed E-state index contributed by atoms with van der Waals surface area (Å²) in [4.78, 5) is 23.7. The molecule has 2 N–H and O–H groups in total. The summed E-state index contributed by atoms with van der Waals surface area (Å²) in [7, 11) is 0. The van der Waals surface area contributed by atoms with Crippen molar-refractivity contribution in [1.29, 1.82) is 0 Å². The van der Waals surface area contributed by atoms with Crippen molar-refractivity contribution in [2.75, 3.05) is 0 Å². The fraction of sp³-hybridized carbons (Fsp3) is 0.500. The quantitative estimate of drug-likeness (QED) is 0.831. The molecule has 0 aliphatic heterocycles. The Bertz CT molecular complexity index is 453. The van der Waals surface area contributed by atoms with Gasteiger partial charge >= 0.3 is 11.8 Å². The van der Waals surface area contributed by atoms with Gasteiger partial charge in [-0.1, -0.05) is 49.6 Å². The predicted molar refractivity (Wildman–Crippen MR) is 78.0 cm³/mol. The second kappa shape index (κ2) is 7.08. The monoisotopic (exact) mass is 274 g/mol. The minimum absolute atomic E-state index is 0.161. The van der Waals surface area contributed by atoms with Crippen LogP contribution >= 0.6 is 0 Å². The van der Waals surface area contributed by atoms with Gasteiger partial charge in [-0.05, 0) is 25.3 Å². The van der Waals surface area contributed by atoms with Gasteiger partial charge in [0.15, 0.2) is 0 Å². The molecule has 0 bridgehead atoms. The first kappa shape index (κ1) is 14.6. The van der Waals surface area contributed by atoms with E-state index in [9.17, 15) is 9.59 Å². The average molecular weight is 274 g/mol. The maximum atomic E-state index is 11.9. The van der Waals surface area contributed by atoms with Crippen LogP contribution in [0.4, 0.5) is 0 Å². The second-order valence-electron chi connectivity index (χ2n) is 5.41. The van der Waals surface area contributed by atoms with E-state index in [0.29, 0.717) is 0 Å². The van der Waals surface area contributed by atoms with Crippen molar-refractivity contribution in [3.05, 3.63) is 35.9 Å². The number of benzene rings is 1. The largest absolute Gasteiger partial charge is 0.345 e. The van der Waals surface area contributed by atoms with Gasteiger partial charge in [0.2, 0.25) is 0 Å². The Morgan fingerprint density at radius 3 is 2.35 bits per heavy atom. The zero-order valence-electron chi connectivity index (χ0n) is 11.9. The van der Waals surface area contributed by atoms with E-state index in [2.05, 4.69) is 10.6 Å². The zero-order chi connectivity index (χ0) is 14.4. The SMILES string of the molecule is CC(NC(=O)C(=O)NC1CCCCC1)c1ccccc1. The molecular weight excluding hydrogens is 252 g/mol. The van der Waals surface area contributed by atoms with Gasteiger partial charge in [0.25, 0.3) is 0 Å². The summed E-state index contributed by atoms with van der Waals surface area (Å²) in [5, 5.41) is 5.56. The van der Waals surface area contributed by atoms with Crippen LogP contribution in [0.1, 0.15) is 50.6 Å². The zero-order valence-corrected chi connectivity index (χ0v) is 11.9. The van der Waals surface area contributed by atoms with Crippen molar-refractivity contribution >= 4 is 11.8 Å². The molecule has 108 valence electrons. The van der Waals surface area contributed by atoms with Crippen molar-refractivity contribution in [2.24, 2.45) is 0 Å². The number of hydrogen-bond acceptors (Lipinski definition) is 2. The van der Waals surface area contributed by atoms with Crippen LogP contribution in [0.2, 0.25) is 0 Å². The summed E-state index contributed by atoms with van der Waals surface area (Å²) >= 11 is 0. The van der Waals surface area contributed by atoms with E-state index in [0.717, 1.165) is 31.2 Å². The lowest BCUT2D eigenvalue weighted by Gasteiger charge is -2.23. The molecule has 1 aromatic carbocycles. The van der Waals surface area contributed by atoms with E-state index in [4.69, 9.17) is 0 Å². The van der Waals surface area contributed by atoms with Crippen molar-refractivity contribution in [3.63, 3.8) is 0 Å². The third kappa shape index (κ3) is 4.08. The van der Waals surface area contributed by atoms with E-state index in [1.165, 1.54) is 6.42 Å². The third-order valence-corrected chi connectivity index (χ3v) is 3.79. The summed E-state index contributed by atoms with van der Waals surface area (Å²) in [6.45, 7) is 1.88. The first-order valence-electron chi connectivity index (χ1n) is 7.33. The number of rotatable bonds is 3. The van der Waals surface area contributed by atoms with E-state index >= 15 is 0 Å². The number of nitrogens with one attached hydrogen (secondary N) is 2. The average Bonchev–Trinajstić information content (AvgIpc) is 2.49. The molecule has 1 fully saturated rings. The minimum Gasteiger partial charge on any atom is -0.345 e. The fourth-order valence-electron chi connectivity index (χ4n) is 2.59. The summed E-state index contributed by atoms with van der Waals surface area (Å²) in [6.07, 6.45) is 5.45. The molecule has 1 aliphatic rings. The van der Waals surface area contributed by atoms with Gasteiger partial charge in [-0.3, -0.25) is 9.59 Å². The van der Waals surface area contributed by atoms with Gasteiger partial charge in [-0.25, -0.2) is 0 Å². The van der Waals surface area contributed by atoms with Crippen LogP contribution in [0.3, 0.4) is 0 Å². The highest BCUT2D eigenvalue weighted by Gasteiger charge is 2.21. The van der Waals surface area contributed by atoms with Gasteiger partial charge in [-0.2, -0.15) is 0 Å². The van der Waals surface area contributed by atoms with E-state index in [-0.39, 0.29) is 12.1 Å². The Hall–Kier alpha value is -1.84. The molecular formula is C16H22N2O2. The van der Waals surface area contributed by atoms with Gasteiger partial charge < -0.3 is 10.6 Å². The molecule has 0 aromatic heterocycles. The summed E-state index contributed by atoms with van der Waals surface area (Å²) < 4.78 is 0. The lowest BCUT2D eigenvalue weighted by atomic mass is 9.95. The molecule has 2 amide bonds. The predicted octanol–water partition coefficient (Wildman–Crippen LogP) is 2.31. The first-order valence-corrected chi connectivity index (χ1v) is 7.33. The highest BCUT2D eigenvalue weighted by atomic mass is 16.2. The van der Waals surface area contributed by atoms with Gasteiger partial charge in [0, 0.05) is 6.04 Å². The lowest BCUT2D eigenvalue weighted by Crippen LogP contribution is -2.45. The molecule has 0 radical (unpaired) electrons. The van der Waals surface area contributed by atoms with Gasteiger partial charge in [0.1, 0.15) is 0 Å². The molecule has 2 rings (SSSR count). The molecule has 1 unspecified atom stereocenters. The van der Waals surface area contributed by atoms with Crippen molar-refractivity contribution in [3.8, 4) is 0 Å². The van der Waals surface area contributed by atoms with Crippen molar-refractivity contribution in [2.45, 2.75) is 51.1 Å². The molecule has 0 heterocycles. The Morgan fingerprint density at radius 1 is 1.05 bits per heavy atom.